The predicted octanol–water partition coefficient (Wildman–Crippen LogP) is 4.12. The molecule has 4 rings (SSSR count). The molecule has 1 heterocycles. The van der Waals surface area contributed by atoms with Gasteiger partial charge in [0.15, 0.2) is 0 Å². The Morgan fingerprint density at radius 2 is 1.69 bits per heavy atom. The maximum Gasteiger partial charge on any atom is 0.237 e. The highest BCUT2D eigenvalue weighted by Gasteiger charge is 2.30. The molecule has 26 heavy (non-hydrogen) atoms. The van der Waals surface area contributed by atoms with Crippen LogP contribution in [0.1, 0.15) is 24.0 Å². The Morgan fingerprint density at radius 1 is 0.923 bits per heavy atom. The fraction of sp³-hybridized carbons (Fsp3) is 0.261. The molecule has 0 saturated carbocycles. The summed E-state index contributed by atoms with van der Waals surface area (Å²) in [5.41, 5.74) is 2.41. The van der Waals surface area contributed by atoms with Crippen molar-refractivity contribution >= 4 is 16.7 Å². The maximum atomic E-state index is 12.7. The van der Waals surface area contributed by atoms with Crippen LogP contribution in [0, 0.1) is 0 Å². The zero-order chi connectivity index (χ0) is 17.8. The van der Waals surface area contributed by atoms with Crippen molar-refractivity contribution in [2.75, 3.05) is 6.54 Å². The molecular formula is C23H24N2O. The molecular weight excluding hydrogens is 320 g/mol. The summed E-state index contributed by atoms with van der Waals surface area (Å²) in [6.07, 6.45) is 2.02. The molecule has 0 aromatic heterocycles. The molecule has 0 bridgehead atoms. The third kappa shape index (κ3) is 3.78. The van der Waals surface area contributed by atoms with Crippen LogP contribution in [0.15, 0.2) is 72.8 Å². The molecule has 3 aromatic rings. The monoisotopic (exact) mass is 344 g/mol. The topological polar surface area (TPSA) is 32.3 Å². The van der Waals surface area contributed by atoms with Gasteiger partial charge in [-0.2, -0.15) is 0 Å². The second-order valence-electron chi connectivity index (χ2n) is 7.01. The molecule has 3 heteroatoms. The van der Waals surface area contributed by atoms with Crippen LogP contribution in [0.3, 0.4) is 0 Å². The van der Waals surface area contributed by atoms with E-state index in [1.807, 2.05) is 30.3 Å². The van der Waals surface area contributed by atoms with Crippen LogP contribution >= 0.6 is 0 Å². The Morgan fingerprint density at radius 3 is 2.54 bits per heavy atom. The molecule has 0 aliphatic carbocycles. The first-order chi connectivity index (χ1) is 12.8. The Bertz CT molecular complexity index is 891. The standard InChI is InChI=1S/C23H24N2O/c26-23(24-16-18-7-2-1-3-8-18)22-11-6-14-25(22)17-19-12-13-20-9-4-5-10-21(20)15-19/h1-5,7-10,12-13,15,22H,6,11,14,16-17H2,(H,24,26). The Balaban J connectivity index is 1.41. The van der Waals surface area contributed by atoms with Crippen LogP contribution < -0.4 is 5.32 Å². The van der Waals surface area contributed by atoms with Crippen molar-refractivity contribution in [2.24, 2.45) is 0 Å². The minimum Gasteiger partial charge on any atom is -0.351 e. The normalized spacial score (nSPS) is 17.5. The number of hydrogen-bond donors (Lipinski definition) is 1. The number of amides is 1. The van der Waals surface area contributed by atoms with E-state index in [-0.39, 0.29) is 11.9 Å². The lowest BCUT2D eigenvalue weighted by Crippen LogP contribution is -2.42. The van der Waals surface area contributed by atoms with Crippen molar-refractivity contribution in [3.63, 3.8) is 0 Å². The maximum absolute atomic E-state index is 12.7. The van der Waals surface area contributed by atoms with Gasteiger partial charge in [-0.1, -0.05) is 66.7 Å². The van der Waals surface area contributed by atoms with Gasteiger partial charge in [0.2, 0.25) is 5.91 Å². The minimum absolute atomic E-state index is 0.0230. The smallest absolute Gasteiger partial charge is 0.237 e. The van der Waals surface area contributed by atoms with E-state index in [4.69, 9.17) is 0 Å². The number of carbonyl (C=O) groups is 1. The van der Waals surface area contributed by atoms with Crippen LogP contribution in [0.25, 0.3) is 10.8 Å². The fourth-order valence-electron chi connectivity index (χ4n) is 3.79. The molecule has 0 radical (unpaired) electrons. The molecule has 1 aliphatic rings. The van der Waals surface area contributed by atoms with E-state index in [1.165, 1.54) is 16.3 Å². The quantitative estimate of drug-likeness (QED) is 0.755. The molecule has 1 unspecified atom stereocenters. The largest absolute Gasteiger partial charge is 0.351 e. The van der Waals surface area contributed by atoms with E-state index in [0.29, 0.717) is 6.54 Å². The van der Waals surface area contributed by atoms with Crippen molar-refractivity contribution in [1.82, 2.24) is 10.2 Å². The Kier molecular flexibility index (Phi) is 4.98. The number of nitrogens with one attached hydrogen (secondary N) is 1. The van der Waals surface area contributed by atoms with Crippen molar-refractivity contribution in [3.8, 4) is 0 Å². The molecule has 1 amide bonds. The van der Waals surface area contributed by atoms with E-state index >= 15 is 0 Å². The lowest BCUT2D eigenvalue weighted by molar-refractivity contribution is -0.125. The van der Waals surface area contributed by atoms with E-state index < -0.39 is 0 Å². The van der Waals surface area contributed by atoms with E-state index in [9.17, 15) is 4.79 Å². The summed E-state index contributed by atoms with van der Waals surface area (Å²) in [5.74, 6) is 0.146. The van der Waals surface area contributed by atoms with Gasteiger partial charge in [0.1, 0.15) is 0 Å². The molecule has 3 nitrogen and oxygen atoms in total. The van der Waals surface area contributed by atoms with Gasteiger partial charge in [-0.15, -0.1) is 0 Å². The highest BCUT2D eigenvalue weighted by molar-refractivity contribution is 5.83. The van der Waals surface area contributed by atoms with Gasteiger partial charge in [0.05, 0.1) is 6.04 Å². The van der Waals surface area contributed by atoms with Gasteiger partial charge in [0.25, 0.3) is 0 Å². The lowest BCUT2D eigenvalue weighted by atomic mass is 10.1. The highest BCUT2D eigenvalue weighted by Crippen LogP contribution is 2.22. The molecule has 0 spiro atoms. The molecule has 1 atom stereocenters. The van der Waals surface area contributed by atoms with E-state index in [1.54, 1.807) is 0 Å². The summed E-state index contributed by atoms with van der Waals surface area (Å²) in [6.45, 7) is 2.41. The number of carbonyl (C=O) groups excluding carboxylic acids is 1. The number of benzene rings is 3. The number of fused-ring (bicyclic) bond motifs is 1. The summed E-state index contributed by atoms with van der Waals surface area (Å²) >= 11 is 0. The number of likely N-dealkylation sites (tertiary alicyclic amines) is 1. The molecule has 1 aliphatic heterocycles. The van der Waals surface area contributed by atoms with Crippen LogP contribution in [0.5, 0.6) is 0 Å². The highest BCUT2D eigenvalue weighted by atomic mass is 16.2. The zero-order valence-electron chi connectivity index (χ0n) is 14.9. The molecule has 1 saturated heterocycles. The third-order valence-corrected chi connectivity index (χ3v) is 5.18. The molecule has 3 aromatic carbocycles. The summed E-state index contributed by atoms with van der Waals surface area (Å²) in [4.78, 5) is 15.0. The summed E-state index contributed by atoms with van der Waals surface area (Å²) in [6, 6.07) is 25.1. The van der Waals surface area contributed by atoms with Crippen LogP contribution in [0.2, 0.25) is 0 Å². The fourth-order valence-corrected chi connectivity index (χ4v) is 3.79. The van der Waals surface area contributed by atoms with E-state index in [0.717, 1.165) is 31.5 Å². The summed E-state index contributed by atoms with van der Waals surface area (Å²) in [5, 5.41) is 5.62. The van der Waals surface area contributed by atoms with Gasteiger partial charge in [-0.05, 0) is 47.4 Å². The zero-order valence-corrected chi connectivity index (χ0v) is 14.9. The summed E-state index contributed by atoms with van der Waals surface area (Å²) < 4.78 is 0. The number of rotatable bonds is 5. The first kappa shape index (κ1) is 16.8. The van der Waals surface area contributed by atoms with Gasteiger partial charge >= 0.3 is 0 Å². The number of nitrogens with zero attached hydrogens (tertiary/aromatic N) is 1. The van der Waals surface area contributed by atoms with Crippen molar-refractivity contribution in [1.29, 1.82) is 0 Å². The van der Waals surface area contributed by atoms with Crippen LogP contribution in [-0.4, -0.2) is 23.4 Å². The van der Waals surface area contributed by atoms with Crippen LogP contribution in [0.4, 0.5) is 0 Å². The Labute approximate surface area is 154 Å². The summed E-state index contributed by atoms with van der Waals surface area (Å²) in [7, 11) is 0. The van der Waals surface area contributed by atoms with Crippen molar-refractivity contribution in [3.05, 3.63) is 83.9 Å². The third-order valence-electron chi connectivity index (χ3n) is 5.18. The molecule has 132 valence electrons. The average Bonchev–Trinajstić information content (AvgIpc) is 3.15. The van der Waals surface area contributed by atoms with Gasteiger partial charge < -0.3 is 5.32 Å². The number of hydrogen-bond acceptors (Lipinski definition) is 2. The minimum atomic E-state index is -0.0230. The first-order valence-corrected chi connectivity index (χ1v) is 9.33. The van der Waals surface area contributed by atoms with Gasteiger partial charge in [-0.25, -0.2) is 0 Å². The van der Waals surface area contributed by atoms with Crippen molar-refractivity contribution < 1.29 is 4.79 Å². The van der Waals surface area contributed by atoms with Crippen LogP contribution in [-0.2, 0) is 17.9 Å². The van der Waals surface area contributed by atoms with Gasteiger partial charge in [0, 0.05) is 13.1 Å². The second kappa shape index (κ2) is 7.71. The Hall–Kier alpha value is -2.65. The molecule has 1 fully saturated rings. The van der Waals surface area contributed by atoms with Crippen molar-refractivity contribution in [2.45, 2.75) is 32.0 Å². The second-order valence-corrected chi connectivity index (χ2v) is 7.01. The average molecular weight is 344 g/mol. The lowest BCUT2D eigenvalue weighted by Gasteiger charge is -2.24. The SMILES string of the molecule is O=C(NCc1ccccc1)C1CCCN1Cc1ccc2ccccc2c1. The van der Waals surface area contributed by atoms with Gasteiger partial charge in [-0.3, -0.25) is 9.69 Å². The first-order valence-electron chi connectivity index (χ1n) is 9.33. The predicted molar refractivity (Wildman–Crippen MR) is 106 cm³/mol. The van der Waals surface area contributed by atoms with E-state index in [2.05, 4.69) is 52.7 Å². The molecule has 1 N–H and O–H groups in total.